The molecule has 0 fully saturated rings. The molecular weight excluding hydrogens is 608 g/mol. The molecule has 0 heterocycles. The van der Waals surface area contributed by atoms with Gasteiger partial charge in [-0.25, -0.2) is 19.2 Å². The highest BCUT2D eigenvalue weighted by atomic mass is 16.4. The molecule has 0 aliphatic heterocycles. The number of carboxylic acids is 4. The van der Waals surface area contributed by atoms with Crippen molar-refractivity contribution in [3.63, 3.8) is 0 Å². The third-order valence-corrected chi connectivity index (χ3v) is 8.06. The van der Waals surface area contributed by atoms with Crippen LogP contribution in [0.2, 0.25) is 0 Å². The molecule has 0 spiro atoms. The Labute approximate surface area is 274 Å². The van der Waals surface area contributed by atoms with E-state index in [0.717, 1.165) is 55.6 Å². The number of rotatable bonds is 9. The molecule has 6 aromatic rings. The highest BCUT2D eigenvalue weighted by molar-refractivity contribution is 5.92. The average Bonchev–Trinajstić information content (AvgIpc) is 3.11. The van der Waals surface area contributed by atoms with Crippen LogP contribution in [0, 0.1) is 0 Å². The molecular formula is C40H26O8. The summed E-state index contributed by atoms with van der Waals surface area (Å²) in [6.07, 6.45) is 0. The highest BCUT2D eigenvalue weighted by Gasteiger charge is 2.14. The van der Waals surface area contributed by atoms with Gasteiger partial charge in [-0.2, -0.15) is 0 Å². The number of hydrogen-bond acceptors (Lipinski definition) is 4. The van der Waals surface area contributed by atoms with Crippen LogP contribution in [0.3, 0.4) is 0 Å². The smallest absolute Gasteiger partial charge is 0.335 e. The lowest BCUT2D eigenvalue weighted by Gasteiger charge is -2.15. The van der Waals surface area contributed by atoms with Gasteiger partial charge in [-0.05, 0) is 141 Å². The van der Waals surface area contributed by atoms with Crippen LogP contribution in [0.15, 0.2) is 133 Å². The van der Waals surface area contributed by atoms with Crippen molar-refractivity contribution in [1.82, 2.24) is 0 Å². The summed E-state index contributed by atoms with van der Waals surface area (Å²) in [7, 11) is 0. The summed E-state index contributed by atoms with van der Waals surface area (Å²) >= 11 is 0. The molecule has 6 rings (SSSR count). The van der Waals surface area contributed by atoms with Crippen molar-refractivity contribution in [1.29, 1.82) is 0 Å². The van der Waals surface area contributed by atoms with Gasteiger partial charge in [-0.15, -0.1) is 0 Å². The first-order valence-electron chi connectivity index (χ1n) is 14.7. The predicted octanol–water partition coefficient (Wildman–Crippen LogP) is 8.81. The van der Waals surface area contributed by atoms with E-state index in [0.29, 0.717) is 0 Å². The van der Waals surface area contributed by atoms with E-state index >= 15 is 0 Å². The summed E-state index contributed by atoms with van der Waals surface area (Å²) < 4.78 is 0. The van der Waals surface area contributed by atoms with Crippen LogP contribution in [0.4, 0.5) is 0 Å². The molecule has 0 saturated carbocycles. The molecule has 0 saturated heterocycles. The summed E-state index contributed by atoms with van der Waals surface area (Å²) in [5, 5.41) is 37.7. The first-order valence-corrected chi connectivity index (χ1v) is 14.7. The largest absolute Gasteiger partial charge is 0.478 e. The molecule has 0 radical (unpaired) electrons. The Morgan fingerprint density at radius 2 is 0.396 bits per heavy atom. The molecule has 0 bridgehead atoms. The van der Waals surface area contributed by atoms with Crippen molar-refractivity contribution >= 4 is 23.9 Å². The van der Waals surface area contributed by atoms with Crippen molar-refractivity contribution < 1.29 is 39.6 Å². The fourth-order valence-corrected chi connectivity index (χ4v) is 5.48. The van der Waals surface area contributed by atoms with Crippen LogP contribution in [0.5, 0.6) is 0 Å². The van der Waals surface area contributed by atoms with Gasteiger partial charge in [0.1, 0.15) is 0 Å². The first kappa shape index (κ1) is 31.2. The summed E-state index contributed by atoms with van der Waals surface area (Å²) in [6.45, 7) is 0. The Morgan fingerprint density at radius 1 is 0.250 bits per heavy atom. The Bertz CT molecular complexity index is 1890. The van der Waals surface area contributed by atoms with E-state index in [-0.39, 0.29) is 22.3 Å². The van der Waals surface area contributed by atoms with Crippen molar-refractivity contribution in [3.8, 4) is 55.6 Å². The van der Waals surface area contributed by atoms with E-state index in [9.17, 15) is 39.6 Å². The molecule has 234 valence electrons. The monoisotopic (exact) mass is 634 g/mol. The van der Waals surface area contributed by atoms with Crippen LogP contribution in [0.25, 0.3) is 55.6 Å². The topological polar surface area (TPSA) is 149 Å². The van der Waals surface area contributed by atoms with Crippen LogP contribution < -0.4 is 0 Å². The Balaban J connectivity index is 1.55. The molecule has 0 aliphatic carbocycles. The minimum Gasteiger partial charge on any atom is -0.478 e. The van der Waals surface area contributed by atoms with Crippen molar-refractivity contribution in [2.75, 3.05) is 0 Å². The van der Waals surface area contributed by atoms with E-state index in [2.05, 4.69) is 0 Å². The third-order valence-electron chi connectivity index (χ3n) is 8.06. The zero-order valence-corrected chi connectivity index (χ0v) is 25.1. The maximum Gasteiger partial charge on any atom is 0.335 e. The minimum atomic E-state index is -1.04. The Hall–Kier alpha value is -6.80. The highest BCUT2D eigenvalue weighted by Crippen LogP contribution is 2.37. The molecule has 0 atom stereocenters. The van der Waals surface area contributed by atoms with Gasteiger partial charge in [0, 0.05) is 0 Å². The summed E-state index contributed by atoms with van der Waals surface area (Å²) in [5.41, 5.74) is 8.50. The van der Waals surface area contributed by atoms with E-state index in [4.69, 9.17) is 0 Å². The lowest BCUT2D eigenvalue weighted by atomic mass is 9.89. The molecule has 48 heavy (non-hydrogen) atoms. The normalized spacial score (nSPS) is 10.8. The number of benzene rings is 6. The number of carbonyl (C=O) groups is 4. The minimum absolute atomic E-state index is 0.152. The van der Waals surface area contributed by atoms with Gasteiger partial charge in [-0.1, -0.05) is 48.5 Å². The van der Waals surface area contributed by atoms with E-state index in [1.807, 2.05) is 36.4 Å². The van der Waals surface area contributed by atoms with Crippen LogP contribution >= 0.6 is 0 Å². The fourth-order valence-electron chi connectivity index (χ4n) is 5.48. The van der Waals surface area contributed by atoms with Crippen LogP contribution in [0.1, 0.15) is 41.4 Å². The second-order valence-corrected chi connectivity index (χ2v) is 11.1. The quantitative estimate of drug-likeness (QED) is 0.123. The molecule has 0 aromatic heterocycles. The molecule has 0 aliphatic rings. The number of aromatic carboxylic acids is 4. The van der Waals surface area contributed by atoms with Gasteiger partial charge in [-0.3, -0.25) is 0 Å². The van der Waals surface area contributed by atoms with Gasteiger partial charge >= 0.3 is 23.9 Å². The number of hydrogen-bond donors (Lipinski definition) is 4. The molecule has 0 amide bonds. The summed E-state index contributed by atoms with van der Waals surface area (Å²) in [5.74, 6) is -4.14. The second-order valence-electron chi connectivity index (χ2n) is 11.1. The van der Waals surface area contributed by atoms with Crippen molar-refractivity contribution in [2.24, 2.45) is 0 Å². The molecule has 6 aromatic carbocycles. The lowest BCUT2D eigenvalue weighted by Crippen LogP contribution is -1.96. The van der Waals surface area contributed by atoms with Crippen LogP contribution in [-0.2, 0) is 0 Å². The van der Waals surface area contributed by atoms with Crippen molar-refractivity contribution in [2.45, 2.75) is 0 Å². The molecule has 8 nitrogen and oxygen atoms in total. The third kappa shape index (κ3) is 6.59. The van der Waals surface area contributed by atoms with Gasteiger partial charge in [0.25, 0.3) is 0 Å². The Kier molecular flexibility index (Phi) is 8.38. The van der Waals surface area contributed by atoms with E-state index < -0.39 is 23.9 Å². The maximum atomic E-state index is 11.5. The zero-order chi connectivity index (χ0) is 33.9. The fraction of sp³-hybridized carbons (Fsp3) is 0. The van der Waals surface area contributed by atoms with Gasteiger partial charge in [0.2, 0.25) is 0 Å². The average molecular weight is 635 g/mol. The first-order chi connectivity index (χ1) is 23.0. The summed E-state index contributed by atoms with van der Waals surface area (Å²) in [6, 6.07) is 38.0. The van der Waals surface area contributed by atoms with Crippen LogP contribution in [-0.4, -0.2) is 44.3 Å². The SMILES string of the molecule is O=C(O)c1ccc(-c2cc(-c3ccc(C(=O)O)cc3)cc(-c3cc(-c4ccc(C(=O)O)cc4)cc(-c4ccc(C(=O)O)cc4)c3)c2)cc1. The van der Waals surface area contributed by atoms with E-state index in [1.54, 1.807) is 48.5 Å². The molecule has 8 heteroatoms. The Morgan fingerprint density at radius 3 is 0.542 bits per heavy atom. The molecule has 4 N–H and O–H groups in total. The second kappa shape index (κ2) is 12.9. The number of carboxylic acid groups (broad SMARTS) is 4. The maximum absolute atomic E-state index is 11.5. The molecule has 0 unspecified atom stereocenters. The zero-order valence-electron chi connectivity index (χ0n) is 25.1. The standard InChI is InChI=1S/C40H26O8/c41-37(42)27-9-1-23(2-10-27)31-17-32(24-3-11-28(12-4-24)38(43)44)20-35(19-31)36-21-33(25-5-13-29(14-6-25)39(45)46)18-34(22-36)26-7-15-30(16-8-26)40(47)48/h1-22H,(H,41,42)(H,43,44)(H,45,46)(H,47,48). The summed E-state index contributed by atoms with van der Waals surface area (Å²) in [4.78, 5) is 46.0. The van der Waals surface area contributed by atoms with Crippen molar-refractivity contribution in [3.05, 3.63) is 156 Å². The van der Waals surface area contributed by atoms with Gasteiger partial charge in [0.15, 0.2) is 0 Å². The predicted molar refractivity (Wildman–Crippen MR) is 181 cm³/mol. The van der Waals surface area contributed by atoms with E-state index in [1.165, 1.54) is 48.5 Å². The van der Waals surface area contributed by atoms with Gasteiger partial charge in [0.05, 0.1) is 22.3 Å². The lowest BCUT2D eigenvalue weighted by molar-refractivity contribution is 0.0686. The van der Waals surface area contributed by atoms with Gasteiger partial charge < -0.3 is 20.4 Å².